The number of benzene rings is 1. The zero-order valence-corrected chi connectivity index (χ0v) is 11.0. The third-order valence-corrected chi connectivity index (χ3v) is 3.54. The summed E-state index contributed by atoms with van der Waals surface area (Å²) < 4.78 is 7.60. The molecule has 3 rings (SSSR count). The van der Waals surface area contributed by atoms with Gasteiger partial charge < -0.3 is 14.6 Å². The van der Waals surface area contributed by atoms with E-state index in [2.05, 4.69) is 14.9 Å². The Hall–Kier alpha value is -1.81. The van der Waals surface area contributed by atoms with E-state index in [1.165, 1.54) is 0 Å². The van der Waals surface area contributed by atoms with Crippen LogP contribution in [0, 0.1) is 5.92 Å². The van der Waals surface area contributed by atoms with Crippen molar-refractivity contribution in [1.29, 1.82) is 0 Å². The summed E-state index contributed by atoms with van der Waals surface area (Å²) in [4.78, 5) is 4.40. The molecule has 1 aromatic carbocycles. The smallest absolute Gasteiger partial charge is 0.207 e. The number of ether oxygens (including phenoxy) is 1. The molecule has 1 aliphatic heterocycles. The van der Waals surface area contributed by atoms with Crippen LogP contribution >= 0.6 is 0 Å². The van der Waals surface area contributed by atoms with E-state index < -0.39 is 0 Å². The lowest BCUT2D eigenvalue weighted by Gasteiger charge is -2.23. The van der Waals surface area contributed by atoms with E-state index in [0.29, 0.717) is 5.92 Å². The minimum absolute atomic E-state index is 0.694. The van der Waals surface area contributed by atoms with Gasteiger partial charge in [0.1, 0.15) is 0 Å². The van der Waals surface area contributed by atoms with Crippen LogP contribution in [-0.4, -0.2) is 22.8 Å². The normalized spacial score (nSPS) is 16.4. The van der Waals surface area contributed by atoms with Crippen LogP contribution < -0.4 is 5.32 Å². The summed E-state index contributed by atoms with van der Waals surface area (Å²) in [5.41, 5.74) is 1.07. The van der Waals surface area contributed by atoms with Gasteiger partial charge in [-0.15, -0.1) is 0 Å². The molecule has 1 saturated heterocycles. The molecule has 0 atom stereocenters. The van der Waals surface area contributed by atoms with Gasteiger partial charge in [-0.3, -0.25) is 0 Å². The molecule has 100 valence electrons. The van der Waals surface area contributed by atoms with Crippen molar-refractivity contribution in [3.8, 4) is 0 Å². The lowest BCUT2D eigenvalue weighted by atomic mass is 10.0. The minimum Gasteiger partial charge on any atom is -0.381 e. The highest BCUT2D eigenvalue weighted by Crippen LogP contribution is 2.20. The van der Waals surface area contributed by atoms with Gasteiger partial charge in [0.15, 0.2) is 0 Å². The van der Waals surface area contributed by atoms with E-state index in [4.69, 9.17) is 4.74 Å². The Labute approximate surface area is 113 Å². The average Bonchev–Trinajstić information content (AvgIpc) is 2.88. The van der Waals surface area contributed by atoms with E-state index >= 15 is 0 Å². The van der Waals surface area contributed by atoms with Crippen molar-refractivity contribution >= 4 is 11.6 Å². The van der Waals surface area contributed by atoms with Crippen LogP contribution in [0.5, 0.6) is 0 Å². The summed E-state index contributed by atoms with van der Waals surface area (Å²) >= 11 is 0. The molecule has 1 fully saturated rings. The quantitative estimate of drug-likeness (QED) is 0.915. The van der Waals surface area contributed by atoms with Crippen molar-refractivity contribution < 1.29 is 4.74 Å². The van der Waals surface area contributed by atoms with E-state index in [0.717, 1.165) is 44.2 Å². The standard InChI is InChI=1S/C15H19N3O/c1-2-4-14(5-3-1)17-15-16-8-9-18(15)12-13-6-10-19-11-7-13/h1-5,8-9,13H,6-7,10-12H2,(H,16,17). The molecule has 0 radical (unpaired) electrons. The summed E-state index contributed by atoms with van der Waals surface area (Å²) in [5, 5.41) is 3.36. The molecule has 0 amide bonds. The van der Waals surface area contributed by atoms with Gasteiger partial charge >= 0.3 is 0 Å². The highest BCUT2D eigenvalue weighted by atomic mass is 16.5. The first-order valence-corrected chi connectivity index (χ1v) is 6.83. The highest BCUT2D eigenvalue weighted by Gasteiger charge is 2.15. The molecule has 2 heterocycles. The average molecular weight is 257 g/mol. The van der Waals surface area contributed by atoms with Gasteiger partial charge in [-0.05, 0) is 30.9 Å². The summed E-state index contributed by atoms with van der Waals surface area (Å²) in [7, 11) is 0. The molecule has 0 saturated carbocycles. The van der Waals surface area contributed by atoms with Crippen LogP contribution in [0.15, 0.2) is 42.7 Å². The maximum absolute atomic E-state index is 5.40. The van der Waals surface area contributed by atoms with Gasteiger partial charge in [0.25, 0.3) is 0 Å². The number of hydrogen-bond acceptors (Lipinski definition) is 3. The van der Waals surface area contributed by atoms with Crippen LogP contribution in [-0.2, 0) is 11.3 Å². The summed E-state index contributed by atoms with van der Waals surface area (Å²) in [5.74, 6) is 1.61. The molecule has 1 N–H and O–H groups in total. The number of rotatable bonds is 4. The largest absolute Gasteiger partial charge is 0.381 e. The summed E-state index contributed by atoms with van der Waals surface area (Å²) in [6.07, 6.45) is 6.18. The van der Waals surface area contributed by atoms with Crippen LogP contribution in [0.3, 0.4) is 0 Å². The van der Waals surface area contributed by atoms with Crippen LogP contribution in [0.25, 0.3) is 0 Å². The third kappa shape index (κ3) is 3.15. The topological polar surface area (TPSA) is 39.1 Å². The Balaban J connectivity index is 1.68. The van der Waals surface area contributed by atoms with E-state index in [-0.39, 0.29) is 0 Å². The Morgan fingerprint density at radius 3 is 2.79 bits per heavy atom. The number of anilines is 2. The number of hydrogen-bond donors (Lipinski definition) is 1. The first kappa shape index (κ1) is 12.2. The molecule has 1 aromatic heterocycles. The summed E-state index contributed by atoms with van der Waals surface area (Å²) in [6, 6.07) is 10.2. The number of para-hydroxylation sites is 1. The maximum atomic E-state index is 5.40. The lowest BCUT2D eigenvalue weighted by Crippen LogP contribution is -2.20. The second kappa shape index (κ2) is 5.89. The molecule has 0 unspecified atom stereocenters. The molecule has 4 nitrogen and oxygen atoms in total. The number of aromatic nitrogens is 2. The summed E-state index contributed by atoms with van der Waals surface area (Å²) in [6.45, 7) is 2.79. The third-order valence-electron chi connectivity index (χ3n) is 3.54. The Kier molecular flexibility index (Phi) is 3.79. The molecular weight excluding hydrogens is 238 g/mol. The molecule has 0 aliphatic carbocycles. The molecule has 19 heavy (non-hydrogen) atoms. The van der Waals surface area contributed by atoms with Crippen LogP contribution in [0.2, 0.25) is 0 Å². The maximum Gasteiger partial charge on any atom is 0.207 e. The van der Waals surface area contributed by atoms with Crippen molar-refractivity contribution in [2.24, 2.45) is 5.92 Å². The predicted molar refractivity (Wildman–Crippen MR) is 75.5 cm³/mol. The monoisotopic (exact) mass is 257 g/mol. The minimum atomic E-state index is 0.694. The zero-order valence-electron chi connectivity index (χ0n) is 11.0. The molecular formula is C15H19N3O. The molecule has 4 heteroatoms. The van der Waals surface area contributed by atoms with E-state index in [9.17, 15) is 0 Å². The van der Waals surface area contributed by atoms with Gasteiger partial charge in [0.05, 0.1) is 0 Å². The number of nitrogens with zero attached hydrogens (tertiary/aromatic N) is 2. The first-order chi connectivity index (χ1) is 9.42. The van der Waals surface area contributed by atoms with Crippen molar-refractivity contribution in [3.05, 3.63) is 42.7 Å². The van der Waals surface area contributed by atoms with E-state index in [1.807, 2.05) is 42.7 Å². The molecule has 2 aromatic rings. The van der Waals surface area contributed by atoms with Gasteiger partial charge in [-0.1, -0.05) is 18.2 Å². The van der Waals surface area contributed by atoms with Gasteiger partial charge in [-0.2, -0.15) is 0 Å². The second-order valence-electron chi connectivity index (χ2n) is 4.95. The highest BCUT2D eigenvalue weighted by molar-refractivity contribution is 5.52. The Morgan fingerprint density at radius 2 is 2.00 bits per heavy atom. The molecule has 0 spiro atoms. The van der Waals surface area contributed by atoms with Gasteiger partial charge in [-0.25, -0.2) is 4.98 Å². The fraction of sp³-hybridized carbons (Fsp3) is 0.400. The fourth-order valence-electron chi connectivity index (χ4n) is 2.44. The Morgan fingerprint density at radius 1 is 1.21 bits per heavy atom. The SMILES string of the molecule is c1ccc(Nc2nccn2CC2CCOCC2)cc1. The van der Waals surface area contributed by atoms with Crippen molar-refractivity contribution in [3.63, 3.8) is 0 Å². The fourth-order valence-corrected chi connectivity index (χ4v) is 2.44. The molecule has 0 bridgehead atoms. The number of nitrogens with one attached hydrogen (secondary N) is 1. The van der Waals surface area contributed by atoms with Gasteiger partial charge in [0, 0.05) is 37.8 Å². The van der Waals surface area contributed by atoms with Crippen LogP contribution in [0.1, 0.15) is 12.8 Å². The zero-order chi connectivity index (χ0) is 12.9. The van der Waals surface area contributed by atoms with Crippen LogP contribution in [0.4, 0.5) is 11.6 Å². The van der Waals surface area contributed by atoms with Crippen molar-refractivity contribution in [1.82, 2.24) is 9.55 Å². The second-order valence-corrected chi connectivity index (χ2v) is 4.95. The van der Waals surface area contributed by atoms with Crippen molar-refractivity contribution in [2.75, 3.05) is 18.5 Å². The predicted octanol–water partition coefficient (Wildman–Crippen LogP) is 3.05. The Bertz CT molecular complexity index is 503. The first-order valence-electron chi connectivity index (χ1n) is 6.83. The van der Waals surface area contributed by atoms with Crippen molar-refractivity contribution in [2.45, 2.75) is 19.4 Å². The molecule has 1 aliphatic rings. The lowest BCUT2D eigenvalue weighted by molar-refractivity contribution is 0.0614. The number of imidazole rings is 1. The van der Waals surface area contributed by atoms with E-state index in [1.54, 1.807) is 0 Å². The van der Waals surface area contributed by atoms with Gasteiger partial charge in [0.2, 0.25) is 5.95 Å².